The van der Waals surface area contributed by atoms with Crippen molar-refractivity contribution in [3.05, 3.63) is 34.5 Å². The molecule has 0 aliphatic carbocycles. The SMILES string of the molecule is CC1CCCCN1C(=O)c1cc2c(Br)cccc2o1. The molecule has 0 spiro atoms. The van der Waals surface area contributed by atoms with Crippen LogP contribution in [0.1, 0.15) is 36.7 Å². The molecule has 1 aromatic carbocycles. The van der Waals surface area contributed by atoms with Gasteiger partial charge in [-0.3, -0.25) is 4.79 Å². The van der Waals surface area contributed by atoms with Gasteiger partial charge in [0, 0.05) is 22.4 Å². The maximum absolute atomic E-state index is 12.5. The predicted octanol–water partition coefficient (Wildman–Crippen LogP) is 4.21. The topological polar surface area (TPSA) is 33.5 Å². The Balaban J connectivity index is 1.95. The number of nitrogens with zero attached hydrogens (tertiary/aromatic N) is 1. The molecular weight excluding hydrogens is 306 g/mol. The average molecular weight is 322 g/mol. The van der Waals surface area contributed by atoms with Crippen molar-refractivity contribution in [1.82, 2.24) is 4.90 Å². The van der Waals surface area contributed by atoms with E-state index in [0.29, 0.717) is 11.8 Å². The molecule has 1 aliphatic rings. The van der Waals surface area contributed by atoms with Gasteiger partial charge in [0.25, 0.3) is 5.91 Å². The van der Waals surface area contributed by atoms with E-state index in [0.717, 1.165) is 34.8 Å². The number of furan rings is 1. The summed E-state index contributed by atoms with van der Waals surface area (Å²) in [4.78, 5) is 14.4. The average Bonchev–Trinajstić information content (AvgIpc) is 2.84. The number of carbonyl (C=O) groups is 1. The molecule has 4 heteroatoms. The molecule has 19 heavy (non-hydrogen) atoms. The van der Waals surface area contributed by atoms with Gasteiger partial charge in [0.2, 0.25) is 0 Å². The van der Waals surface area contributed by atoms with Crippen LogP contribution in [0.2, 0.25) is 0 Å². The Morgan fingerprint density at radius 1 is 1.42 bits per heavy atom. The molecule has 1 aliphatic heterocycles. The van der Waals surface area contributed by atoms with Gasteiger partial charge in [0.15, 0.2) is 5.76 Å². The lowest BCUT2D eigenvalue weighted by Crippen LogP contribution is -2.41. The van der Waals surface area contributed by atoms with Gasteiger partial charge in [0.1, 0.15) is 5.58 Å². The minimum absolute atomic E-state index is 0.00954. The highest BCUT2D eigenvalue weighted by atomic mass is 79.9. The van der Waals surface area contributed by atoms with E-state index in [1.165, 1.54) is 6.42 Å². The fourth-order valence-corrected chi connectivity index (χ4v) is 3.13. The first kappa shape index (κ1) is 12.7. The Hall–Kier alpha value is -1.29. The van der Waals surface area contributed by atoms with Gasteiger partial charge in [-0.15, -0.1) is 0 Å². The number of rotatable bonds is 1. The molecule has 1 atom stereocenters. The summed E-state index contributed by atoms with van der Waals surface area (Å²) >= 11 is 3.48. The number of piperidine rings is 1. The lowest BCUT2D eigenvalue weighted by molar-refractivity contribution is 0.0605. The highest BCUT2D eigenvalue weighted by Gasteiger charge is 2.26. The molecule has 1 aromatic heterocycles. The monoisotopic (exact) mass is 321 g/mol. The Bertz CT molecular complexity index is 620. The summed E-state index contributed by atoms with van der Waals surface area (Å²) < 4.78 is 6.65. The van der Waals surface area contributed by atoms with Gasteiger partial charge in [-0.25, -0.2) is 0 Å². The molecule has 3 nitrogen and oxygen atoms in total. The van der Waals surface area contributed by atoms with Crippen LogP contribution in [-0.2, 0) is 0 Å². The zero-order valence-electron chi connectivity index (χ0n) is 10.9. The number of halogens is 1. The van der Waals surface area contributed by atoms with Gasteiger partial charge >= 0.3 is 0 Å². The van der Waals surface area contributed by atoms with E-state index in [1.54, 1.807) is 0 Å². The van der Waals surface area contributed by atoms with Crippen molar-refractivity contribution in [1.29, 1.82) is 0 Å². The fraction of sp³-hybridized carbons (Fsp3) is 0.400. The summed E-state index contributed by atoms with van der Waals surface area (Å²) in [6.45, 7) is 2.94. The molecule has 0 bridgehead atoms. The lowest BCUT2D eigenvalue weighted by Gasteiger charge is -2.32. The van der Waals surface area contributed by atoms with Crippen molar-refractivity contribution >= 4 is 32.8 Å². The summed E-state index contributed by atoms with van der Waals surface area (Å²) in [5.74, 6) is 0.450. The van der Waals surface area contributed by atoms with Gasteiger partial charge < -0.3 is 9.32 Å². The quantitative estimate of drug-likeness (QED) is 0.788. The van der Waals surface area contributed by atoms with E-state index in [4.69, 9.17) is 4.42 Å². The molecule has 2 heterocycles. The molecule has 3 rings (SSSR count). The smallest absolute Gasteiger partial charge is 0.289 e. The first-order chi connectivity index (χ1) is 9.16. The van der Waals surface area contributed by atoms with Crippen molar-refractivity contribution in [3.8, 4) is 0 Å². The van der Waals surface area contributed by atoms with Gasteiger partial charge in [0.05, 0.1) is 0 Å². The van der Waals surface area contributed by atoms with Crippen molar-refractivity contribution < 1.29 is 9.21 Å². The van der Waals surface area contributed by atoms with Crippen LogP contribution in [0.5, 0.6) is 0 Å². The number of benzene rings is 1. The van der Waals surface area contributed by atoms with Crippen LogP contribution >= 0.6 is 15.9 Å². The number of carbonyl (C=O) groups excluding carboxylic acids is 1. The second-order valence-corrected chi connectivity index (χ2v) is 5.96. The van der Waals surface area contributed by atoms with E-state index >= 15 is 0 Å². The summed E-state index contributed by atoms with van der Waals surface area (Å²) in [7, 11) is 0. The number of hydrogen-bond acceptors (Lipinski definition) is 2. The number of hydrogen-bond donors (Lipinski definition) is 0. The predicted molar refractivity (Wildman–Crippen MR) is 78.3 cm³/mol. The second-order valence-electron chi connectivity index (χ2n) is 5.11. The van der Waals surface area contributed by atoms with Crippen molar-refractivity contribution in [2.45, 2.75) is 32.2 Å². The standard InChI is InChI=1S/C15H16BrNO2/c1-10-5-2-3-8-17(10)15(18)14-9-11-12(16)6-4-7-13(11)19-14/h4,6-7,9-10H,2-3,5,8H2,1H3. The first-order valence-corrected chi connectivity index (χ1v) is 7.45. The van der Waals surface area contributed by atoms with E-state index in [-0.39, 0.29) is 5.91 Å². The molecule has 2 aromatic rings. The third-order valence-corrected chi connectivity index (χ3v) is 4.47. The molecule has 100 valence electrons. The Labute approximate surface area is 120 Å². The van der Waals surface area contributed by atoms with Gasteiger partial charge in [-0.2, -0.15) is 0 Å². The zero-order valence-corrected chi connectivity index (χ0v) is 12.4. The van der Waals surface area contributed by atoms with Crippen molar-refractivity contribution in [3.63, 3.8) is 0 Å². The fourth-order valence-electron chi connectivity index (χ4n) is 2.67. The molecule has 1 fully saturated rings. The lowest BCUT2D eigenvalue weighted by atomic mass is 10.0. The first-order valence-electron chi connectivity index (χ1n) is 6.66. The molecular formula is C15H16BrNO2. The Kier molecular flexibility index (Phi) is 3.35. The van der Waals surface area contributed by atoms with Crippen molar-refractivity contribution in [2.75, 3.05) is 6.54 Å². The van der Waals surface area contributed by atoms with Gasteiger partial charge in [-0.1, -0.05) is 22.0 Å². The molecule has 1 unspecified atom stereocenters. The zero-order chi connectivity index (χ0) is 13.4. The molecule has 1 saturated heterocycles. The minimum atomic E-state index is 0.00954. The third-order valence-electron chi connectivity index (χ3n) is 3.78. The van der Waals surface area contributed by atoms with Crippen LogP contribution in [-0.4, -0.2) is 23.4 Å². The van der Waals surface area contributed by atoms with Crippen LogP contribution in [0.15, 0.2) is 33.2 Å². The van der Waals surface area contributed by atoms with E-state index in [1.807, 2.05) is 29.2 Å². The van der Waals surface area contributed by atoms with E-state index in [9.17, 15) is 4.79 Å². The summed E-state index contributed by atoms with van der Waals surface area (Å²) in [6.07, 6.45) is 3.37. The minimum Gasteiger partial charge on any atom is -0.451 e. The highest BCUT2D eigenvalue weighted by molar-refractivity contribution is 9.10. The third kappa shape index (κ3) is 2.29. The number of fused-ring (bicyclic) bond motifs is 1. The van der Waals surface area contributed by atoms with Crippen LogP contribution in [0.3, 0.4) is 0 Å². The van der Waals surface area contributed by atoms with Crippen LogP contribution in [0, 0.1) is 0 Å². The van der Waals surface area contributed by atoms with Gasteiger partial charge in [-0.05, 0) is 44.4 Å². The summed E-state index contributed by atoms with van der Waals surface area (Å²) in [5.41, 5.74) is 0.752. The van der Waals surface area contributed by atoms with Crippen molar-refractivity contribution in [2.24, 2.45) is 0 Å². The number of likely N-dealkylation sites (tertiary alicyclic amines) is 1. The van der Waals surface area contributed by atoms with E-state index < -0.39 is 0 Å². The Morgan fingerprint density at radius 3 is 3.00 bits per heavy atom. The summed E-state index contributed by atoms with van der Waals surface area (Å²) in [5, 5.41) is 0.954. The normalized spacial score (nSPS) is 19.9. The van der Waals surface area contributed by atoms with E-state index in [2.05, 4.69) is 22.9 Å². The molecule has 1 amide bonds. The molecule has 0 saturated carbocycles. The maximum atomic E-state index is 12.5. The largest absolute Gasteiger partial charge is 0.451 e. The molecule has 0 radical (unpaired) electrons. The summed E-state index contributed by atoms with van der Waals surface area (Å²) in [6, 6.07) is 7.89. The van der Waals surface area contributed by atoms with Crippen LogP contribution < -0.4 is 0 Å². The number of amides is 1. The molecule has 0 N–H and O–H groups in total. The Morgan fingerprint density at radius 2 is 2.26 bits per heavy atom. The highest BCUT2D eigenvalue weighted by Crippen LogP contribution is 2.28. The maximum Gasteiger partial charge on any atom is 0.289 e. The van der Waals surface area contributed by atoms with Crippen LogP contribution in [0.25, 0.3) is 11.0 Å². The second kappa shape index (κ2) is 5.00. The van der Waals surface area contributed by atoms with Crippen LogP contribution in [0.4, 0.5) is 0 Å².